The van der Waals surface area contributed by atoms with Crippen LogP contribution in [0, 0.1) is 5.82 Å². The van der Waals surface area contributed by atoms with E-state index in [9.17, 15) is 4.39 Å². The lowest BCUT2D eigenvalue weighted by molar-refractivity contribution is 0.162. The van der Waals surface area contributed by atoms with Crippen LogP contribution in [-0.4, -0.2) is 31.1 Å². The average Bonchev–Trinajstić information content (AvgIpc) is 2.46. The molecule has 0 saturated carbocycles. The van der Waals surface area contributed by atoms with Gasteiger partial charge in [0.2, 0.25) is 0 Å². The Hall–Kier alpha value is -0.0600. The van der Waals surface area contributed by atoms with E-state index in [4.69, 9.17) is 11.6 Å². The molecule has 1 atom stereocenters. The second kappa shape index (κ2) is 11.5. The number of unbranched alkanes of at least 4 members (excludes halogenated alkanes) is 2. The van der Waals surface area contributed by atoms with Gasteiger partial charge in [0.15, 0.2) is 0 Å². The molecule has 1 aromatic rings. The maximum absolute atomic E-state index is 13.3. The molecule has 128 valence electrons. The molecule has 6 heteroatoms. The summed E-state index contributed by atoms with van der Waals surface area (Å²) in [5.41, 5.74) is 1.08. The Labute approximate surface area is 150 Å². The first-order valence-electron chi connectivity index (χ1n) is 7.62. The first kappa shape index (κ1) is 21.9. The Bertz CT molecular complexity index is 426. The molecule has 22 heavy (non-hydrogen) atoms. The Morgan fingerprint density at radius 1 is 1.23 bits per heavy atom. The lowest BCUT2D eigenvalue weighted by Gasteiger charge is -2.35. The molecule has 2 rings (SSSR count). The van der Waals surface area contributed by atoms with E-state index in [1.165, 1.54) is 31.4 Å². The minimum Gasteiger partial charge on any atom is -0.314 e. The molecule has 1 aliphatic rings. The Morgan fingerprint density at radius 3 is 2.50 bits per heavy atom. The number of piperazine rings is 1. The van der Waals surface area contributed by atoms with Gasteiger partial charge in [-0.1, -0.05) is 43.9 Å². The second-order valence-electron chi connectivity index (χ2n) is 5.46. The van der Waals surface area contributed by atoms with Gasteiger partial charge < -0.3 is 5.32 Å². The number of halogens is 4. The van der Waals surface area contributed by atoms with Crippen LogP contribution in [0.25, 0.3) is 0 Å². The third kappa shape index (κ3) is 6.21. The summed E-state index contributed by atoms with van der Waals surface area (Å²) in [6.07, 6.45) is 4.74. The zero-order valence-electron chi connectivity index (χ0n) is 13.0. The van der Waals surface area contributed by atoms with Gasteiger partial charge in [-0.15, -0.1) is 24.8 Å². The third-order valence-corrected chi connectivity index (χ3v) is 4.32. The molecule has 0 radical (unpaired) electrons. The number of rotatable bonds is 6. The van der Waals surface area contributed by atoms with Crippen LogP contribution in [0.5, 0.6) is 0 Å². The summed E-state index contributed by atoms with van der Waals surface area (Å²) >= 11 is 6.27. The Kier molecular flexibility index (Phi) is 11.4. The highest BCUT2D eigenvalue weighted by atomic mass is 35.5. The number of benzene rings is 1. The molecule has 0 bridgehead atoms. The van der Waals surface area contributed by atoms with E-state index in [0.29, 0.717) is 11.1 Å². The van der Waals surface area contributed by atoms with E-state index >= 15 is 0 Å². The summed E-state index contributed by atoms with van der Waals surface area (Å²) in [4.78, 5) is 2.48. The molecule has 1 fully saturated rings. The molecular weight excluding hydrogens is 346 g/mol. The van der Waals surface area contributed by atoms with E-state index in [1.807, 2.05) is 6.07 Å². The van der Waals surface area contributed by atoms with E-state index in [1.54, 1.807) is 0 Å². The van der Waals surface area contributed by atoms with Crippen molar-refractivity contribution in [2.75, 3.05) is 26.2 Å². The van der Waals surface area contributed by atoms with Crippen LogP contribution in [0.2, 0.25) is 5.02 Å². The van der Waals surface area contributed by atoms with Crippen molar-refractivity contribution in [3.05, 3.63) is 34.6 Å². The van der Waals surface area contributed by atoms with Crippen molar-refractivity contribution in [1.82, 2.24) is 10.2 Å². The van der Waals surface area contributed by atoms with Gasteiger partial charge in [0.05, 0.1) is 0 Å². The SMILES string of the molecule is CCCCC[C@H](c1ccc(F)cc1Cl)N1CCNCC1.Cl.Cl. The zero-order valence-corrected chi connectivity index (χ0v) is 15.4. The molecule has 0 aliphatic carbocycles. The maximum Gasteiger partial charge on any atom is 0.124 e. The second-order valence-corrected chi connectivity index (χ2v) is 5.87. The quantitative estimate of drug-likeness (QED) is 0.719. The van der Waals surface area contributed by atoms with Gasteiger partial charge in [-0.2, -0.15) is 0 Å². The molecule has 1 aromatic carbocycles. The summed E-state index contributed by atoms with van der Waals surface area (Å²) in [5.74, 6) is -0.258. The van der Waals surface area contributed by atoms with Crippen LogP contribution in [-0.2, 0) is 0 Å². The number of nitrogens with one attached hydrogen (secondary N) is 1. The van der Waals surface area contributed by atoms with Gasteiger partial charge >= 0.3 is 0 Å². The highest BCUT2D eigenvalue weighted by molar-refractivity contribution is 6.31. The normalized spacial score (nSPS) is 16.5. The van der Waals surface area contributed by atoms with Crippen molar-refractivity contribution in [1.29, 1.82) is 0 Å². The fourth-order valence-corrected chi connectivity index (χ4v) is 3.18. The molecule has 0 unspecified atom stereocenters. The third-order valence-electron chi connectivity index (χ3n) is 3.99. The average molecular weight is 372 g/mol. The minimum absolute atomic E-state index is 0. The standard InChI is InChI=1S/C16H24ClFN2.2ClH/c1-2-3-4-5-16(20-10-8-19-9-11-20)14-7-6-13(18)12-15(14)17;;/h6-7,12,16,19H,2-5,8-11H2,1H3;2*1H/t16-;;/m1../s1. The van der Waals surface area contributed by atoms with E-state index in [-0.39, 0.29) is 30.6 Å². The summed E-state index contributed by atoms with van der Waals surface area (Å²) < 4.78 is 13.3. The highest BCUT2D eigenvalue weighted by Crippen LogP contribution is 2.32. The first-order valence-corrected chi connectivity index (χ1v) is 8.00. The van der Waals surface area contributed by atoms with Crippen LogP contribution >= 0.6 is 36.4 Å². The van der Waals surface area contributed by atoms with Crippen molar-refractivity contribution < 1.29 is 4.39 Å². The summed E-state index contributed by atoms with van der Waals surface area (Å²) in [7, 11) is 0. The summed E-state index contributed by atoms with van der Waals surface area (Å²) in [6.45, 7) is 6.31. The van der Waals surface area contributed by atoms with Gasteiger partial charge in [-0.25, -0.2) is 4.39 Å². The van der Waals surface area contributed by atoms with Gasteiger partial charge in [-0.3, -0.25) is 4.90 Å². The topological polar surface area (TPSA) is 15.3 Å². The van der Waals surface area contributed by atoms with Gasteiger partial charge in [0, 0.05) is 37.2 Å². The van der Waals surface area contributed by atoms with Gasteiger partial charge in [0.1, 0.15) is 5.82 Å². The van der Waals surface area contributed by atoms with Gasteiger partial charge in [-0.05, 0) is 24.1 Å². The molecular formula is C16H26Cl3FN2. The molecule has 0 aromatic heterocycles. The first-order chi connectivity index (χ1) is 9.72. The van der Waals surface area contributed by atoms with Crippen molar-refractivity contribution in [3.63, 3.8) is 0 Å². The smallest absolute Gasteiger partial charge is 0.124 e. The van der Waals surface area contributed by atoms with Crippen LogP contribution < -0.4 is 5.32 Å². The fourth-order valence-electron chi connectivity index (χ4n) is 2.89. The van der Waals surface area contributed by atoms with Crippen molar-refractivity contribution in [3.8, 4) is 0 Å². The number of nitrogens with zero attached hydrogens (tertiary/aromatic N) is 1. The maximum atomic E-state index is 13.3. The monoisotopic (exact) mass is 370 g/mol. The highest BCUT2D eigenvalue weighted by Gasteiger charge is 2.23. The minimum atomic E-state index is -0.258. The molecule has 1 aliphatic heterocycles. The number of hydrogen-bond donors (Lipinski definition) is 1. The molecule has 0 amide bonds. The van der Waals surface area contributed by atoms with Crippen LogP contribution in [0.4, 0.5) is 4.39 Å². The van der Waals surface area contributed by atoms with Crippen molar-refractivity contribution in [2.24, 2.45) is 0 Å². The van der Waals surface area contributed by atoms with Gasteiger partial charge in [0.25, 0.3) is 0 Å². The van der Waals surface area contributed by atoms with E-state index in [0.717, 1.165) is 38.2 Å². The van der Waals surface area contributed by atoms with Crippen molar-refractivity contribution in [2.45, 2.75) is 38.6 Å². The van der Waals surface area contributed by atoms with Crippen molar-refractivity contribution >= 4 is 36.4 Å². The Balaban J connectivity index is 0.00000220. The van der Waals surface area contributed by atoms with Crippen LogP contribution in [0.15, 0.2) is 18.2 Å². The van der Waals surface area contributed by atoms with E-state index < -0.39 is 0 Å². The zero-order chi connectivity index (χ0) is 14.4. The predicted octanol–water partition coefficient (Wildman–Crippen LogP) is 4.85. The fraction of sp³-hybridized carbons (Fsp3) is 0.625. The summed E-state index contributed by atoms with van der Waals surface area (Å²) in [5, 5.41) is 3.94. The molecule has 2 nitrogen and oxygen atoms in total. The van der Waals surface area contributed by atoms with Crippen LogP contribution in [0.1, 0.15) is 44.2 Å². The van der Waals surface area contributed by atoms with Crippen LogP contribution in [0.3, 0.4) is 0 Å². The van der Waals surface area contributed by atoms with E-state index in [2.05, 4.69) is 17.1 Å². The lowest BCUT2D eigenvalue weighted by Crippen LogP contribution is -2.45. The molecule has 1 saturated heterocycles. The Morgan fingerprint density at radius 2 is 1.91 bits per heavy atom. The predicted molar refractivity (Wildman–Crippen MR) is 97.2 cm³/mol. The molecule has 1 heterocycles. The lowest BCUT2D eigenvalue weighted by atomic mass is 9.98. The summed E-state index contributed by atoms with van der Waals surface area (Å²) in [6, 6.07) is 5.13. The largest absolute Gasteiger partial charge is 0.314 e. The molecule has 1 N–H and O–H groups in total. The number of hydrogen-bond acceptors (Lipinski definition) is 2. The molecule has 0 spiro atoms.